The van der Waals surface area contributed by atoms with Gasteiger partial charge in [-0.3, -0.25) is 4.90 Å². The Hall–Kier alpha value is -0.120. The zero-order valence-electron chi connectivity index (χ0n) is 7.03. The molecule has 0 radical (unpaired) electrons. The van der Waals surface area contributed by atoms with Crippen molar-refractivity contribution < 1.29 is 10.2 Å². The topological polar surface area (TPSA) is 43.7 Å². The van der Waals surface area contributed by atoms with Crippen LogP contribution in [0.2, 0.25) is 0 Å². The van der Waals surface area contributed by atoms with Gasteiger partial charge in [-0.2, -0.15) is 0 Å². The third kappa shape index (κ3) is 2.43. The van der Waals surface area contributed by atoms with Crippen molar-refractivity contribution in [3.8, 4) is 0 Å². The first-order valence-electron chi connectivity index (χ1n) is 4.27. The number of aliphatic hydroxyl groups excluding tert-OH is 2. The van der Waals surface area contributed by atoms with E-state index in [9.17, 15) is 0 Å². The van der Waals surface area contributed by atoms with E-state index in [0.717, 1.165) is 19.4 Å². The molecule has 0 aromatic carbocycles. The molecule has 0 aromatic heterocycles. The Kier molecular flexibility index (Phi) is 3.30. The molecular formula is C8H17NO2. The zero-order chi connectivity index (χ0) is 8.27. The molecule has 1 fully saturated rings. The van der Waals surface area contributed by atoms with Gasteiger partial charge >= 0.3 is 0 Å². The minimum absolute atomic E-state index is 0.229. The van der Waals surface area contributed by atoms with E-state index in [1.807, 2.05) is 0 Å². The maximum Gasteiger partial charge on any atom is 0.0639 e. The third-order valence-corrected chi connectivity index (χ3v) is 2.21. The molecule has 66 valence electrons. The maximum atomic E-state index is 9.10. The van der Waals surface area contributed by atoms with E-state index < -0.39 is 0 Å². The second-order valence-corrected chi connectivity index (χ2v) is 3.32. The summed E-state index contributed by atoms with van der Waals surface area (Å²) in [7, 11) is 0. The summed E-state index contributed by atoms with van der Waals surface area (Å²) in [5.41, 5.74) is 0. The van der Waals surface area contributed by atoms with Gasteiger partial charge in [0, 0.05) is 12.6 Å². The van der Waals surface area contributed by atoms with Crippen LogP contribution >= 0.6 is 0 Å². The largest absolute Gasteiger partial charge is 0.395 e. The molecule has 3 nitrogen and oxygen atoms in total. The molecule has 0 bridgehead atoms. The van der Waals surface area contributed by atoms with E-state index in [1.165, 1.54) is 0 Å². The molecule has 0 spiro atoms. The van der Waals surface area contributed by atoms with Crippen molar-refractivity contribution in [2.75, 3.05) is 19.7 Å². The lowest BCUT2D eigenvalue weighted by Gasteiger charge is -2.23. The van der Waals surface area contributed by atoms with Crippen LogP contribution in [-0.2, 0) is 0 Å². The van der Waals surface area contributed by atoms with Gasteiger partial charge in [-0.05, 0) is 26.3 Å². The van der Waals surface area contributed by atoms with Gasteiger partial charge in [0.15, 0.2) is 0 Å². The van der Waals surface area contributed by atoms with Crippen molar-refractivity contribution in [3.63, 3.8) is 0 Å². The van der Waals surface area contributed by atoms with Crippen molar-refractivity contribution in [3.05, 3.63) is 0 Å². The molecule has 0 saturated carbocycles. The molecule has 1 heterocycles. The summed E-state index contributed by atoms with van der Waals surface area (Å²) in [4.78, 5) is 2.16. The molecule has 0 aliphatic carbocycles. The first-order chi connectivity index (χ1) is 5.24. The van der Waals surface area contributed by atoms with Crippen LogP contribution in [0.1, 0.15) is 19.8 Å². The van der Waals surface area contributed by atoms with Crippen LogP contribution in [0.3, 0.4) is 0 Å². The van der Waals surface area contributed by atoms with Gasteiger partial charge in [-0.1, -0.05) is 0 Å². The summed E-state index contributed by atoms with van der Waals surface area (Å²) in [6, 6.07) is 0.296. The Labute approximate surface area is 67.6 Å². The second kappa shape index (κ2) is 4.04. The van der Waals surface area contributed by atoms with E-state index in [2.05, 4.69) is 4.90 Å². The van der Waals surface area contributed by atoms with Crippen molar-refractivity contribution in [1.82, 2.24) is 4.90 Å². The van der Waals surface area contributed by atoms with Crippen LogP contribution < -0.4 is 0 Å². The van der Waals surface area contributed by atoms with E-state index in [0.29, 0.717) is 12.6 Å². The van der Waals surface area contributed by atoms with E-state index in [4.69, 9.17) is 10.2 Å². The van der Waals surface area contributed by atoms with Crippen molar-refractivity contribution in [2.45, 2.75) is 31.9 Å². The quantitative estimate of drug-likeness (QED) is 0.600. The molecule has 2 N–H and O–H groups in total. The fourth-order valence-electron chi connectivity index (χ4n) is 1.68. The summed E-state index contributed by atoms with van der Waals surface area (Å²) >= 11 is 0. The fourth-order valence-corrected chi connectivity index (χ4v) is 1.68. The molecule has 1 aliphatic rings. The maximum absolute atomic E-state index is 9.10. The zero-order valence-corrected chi connectivity index (χ0v) is 7.03. The Morgan fingerprint density at radius 1 is 1.64 bits per heavy atom. The number of β-amino-alcohol motifs (C(OH)–C–C–N with tert-alkyl or cyclic N) is 1. The monoisotopic (exact) mass is 159 g/mol. The van der Waals surface area contributed by atoms with Gasteiger partial charge in [0.1, 0.15) is 0 Å². The molecule has 1 rings (SSSR count). The predicted octanol–water partition coefficient (Wildman–Crippen LogP) is -0.176. The minimum Gasteiger partial charge on any atom is -0.395 e. The van der Waals surface area contributed by atoms with Gasteiger partial charge in [0.05, 0.1) is 12.7 Å². The molecule has 11 heavy (non-hydrogen) atoms. The fraction of sp³-hybridized carbons (Fsp3) is 1.00. The highest BCUT2D eigenvalue weighted by atomic mass is 16.3. The highest BCUT2D eigenvalue weighted by molar-refractivity contribution is 4.79. The number of nitrogens with zero attached hydrogens (tertiary/aromatic N) is 1. The van der Waals surface area contributed by atoms with Crippen LogP contribution in [0.25, 0.3) is 0 Å². The van der Waals surface area contributed by atoms with E-state index in [-0.39, 0.29) is 12.7 Å². The molecular weight excluding hydrogens is 142 g/mol. The summed E-state index contributed by atoms with van der Waals surface area (Å²) in [6.45, 7) is 3.74. The van der Waals surface area contributed by atoms with Crippen LogP contribution in [0.5, 0.6) is 0 Å². The highest BCUT2D eigenvalue weighted by Gasteiger charge is 2.23. The standard InChI is InChI=1S/C8H17NO2/c1-7(11)5-9-4-2-3-8(9)6-10/h7-8,10-11H,2-6H2,1H3. The Bertz CT molecular complexity index is 117. The lowest BCUT2D eigenvalue weighted by atomic mass is 10.2. The van der Waals surface area contributed by atoms with Crippen LogP contribution in [0.4, 0.5) is 0 Å². The number of aliphatic hydroxyl groups is 2. The average molecular weight is 159 g/mol. The van der Waals surface area contributed by atoms with Gasteiger partial charge in [0.2, 0.25) is 0 Å². The highest BCUT2D eigenvalue weighted by Crippen LogP contribution is 2.16. The van der Waals surface area contributed by atoms with Crippen molar-refractivity contribution in [1.29, 1.82) is 0 Å². The van der Waals surface area contributed by atoms with Crippen molar-refractivity contribution >= 4 is 0 Å². The average Bonchev–Trinajstić information content (AvgIpc) is 2.34. The lowest BCUT2D eigenvalue weighted by molar-refractivity contribution is 0.0948. The number of likely N-dealkylation sites (tertiary alicyclic amines) is 1. The summed E-state index contributed by atoms with van der Waals surface area (Å²) < 4.78 is 0. The summed E-state index contributed by atoms with van der Waals surface area (Å²) in [5.74, 6) is 0. The summed E-state index contributed by atoms with van der Waals surface area (Å²) in [6.07, 6.45) is 1.95. The van der Waals surface area contributed by atoms with E-state index >= 15 is 0 Å². The Balaban J connectivity index is 2.31. The SMILES string of the molecule is CC(O)CN1CCCC1CO. The van der Waals surface area contributed by atoms with Crippen LogP contribution in [0, 0.1) is 0 Å². The molecule has 0 aromatic rings. The van der Waals surface area contributed by atoms with Crippen LogP contribution in [-0.4, -0.2) is 47.0 Å². The molecule has 2 atom stereocenters. The van der Waals surface area contributed by atoms with Crippen LogP contribution in [0.15, 0.2) is 0 Å². The molecule has 3 heteroatoms. The summed E-state index contributed by atoms with van der Waals surface area (Å²) in [5, 5.41) is 18.0. The minimum atomic E-state index is -0.276. The van der Waals surface area contributed by atoms with Gasteiger partial charge in [0.25, 0.3) is 0 Å². The van der Waals surface area contributed by atoms with E-state index in [1.54, 1.807) is 6.92 Å². The molecule has 0 amide bonds. The van der Waals surface area contributed by atoms with Gasteiger partial charge < -0.3 is 10.2 Å². The number of hydrogen-bond donors (Lipinski definition) is 2. The van der Waals surface area contributed by atoms with Gasteiger partial charge in [-0.15, -0.1) is 0 Å². The third-order valence-electron chi connectivity index (χ3n) is 2.21. The Morgan fingerprint density at radius 3 is 2.91 bits per heavy atom. The Morgan fingerprint density at radius 2 is 2.36 bits per heavy atom. The lowest BCUT2D eigenvalue weighted by Crippen LogP contribution is -2.37. The predicted molar refractivity (Wildman–Crippen MR) is 43.4 cm³/mol. The van der Waals surface area contributed by atoms with Crippen molar-refractivity contribution in [2.24, 2.45) is 0 Å². The molecule has 1 saturated heterocycles. The smallest absolute Gasteiger partial charge is 0.0639 e. The number of rotatable bonds is 3. The normalized spacial score (nSPS) is 29.2. The second-order valence-electron chi connectivity index (χ2n) is 3.32. The first kappa shape index (κ1) is 8.97. The molecule has 2 unspecified atom stereocenters. The van der Waals surface area contributed by atoms with Gasteiger partial charge in [-0.25, -0.2) is 0 Å². The molecule has 1 aliphatic heterocycles. The number of hydrogen-bond acceptors (Lipinski definition) is 3. The first-order valence-corrected chi connectivity index (χ1v) is 4.27.